The van der Waals surface area contributed by atoms with E-state index in [4.69, 9.17) is 4.74 Å². The van der Waals surface area contributed by atoms with Crippen LogP contribution in [0.2, 0.25) is 0 Å². The van der Waals surface area contributed by atoms with Crippen LogP contribution >= 0.6 is 0 Å². The van der Waals surface area contributed by atoms with E-state index in [9.17, 15) is 19.5 Å². The number of carbonyl (C=O) groups is 3. The molecule has 210 valence electrons. The average molecular weight is 544 g/mol. The summed E-state index contributed by atoms with van der Waals surface area (Å²) in [5.74, 6) is -1.85. The first-order valence-corrected chi connectivity index (χ1v) is 13.4. The monoisotopic (exact) mass is 543 g/mol. The van der Waals surface area contributed by atoms with Crippen molar-refractivity contribution in [2.45, 2.75) is 45.3 Å². The Kier molecular flexibility index (Phi) is 8.90. The Bertz CT molecular complexity index is 1310. The molecule has 2 atom stereocenters. The number of likely N-dealkylation sites (N-methyl/N-ethyl adjacent to an activating group) is 1. The maximum absolute atomic E-state index is 13.3. The number of alkyl carbamates (subject to hydrolysis) is 1. The Morgan fingerprint density at radius 3 is 1.98 bits per heavy atom. The molecular weight excluding hydrogens is 506 g/mol. The Balaban J connectivity index is 1.39. The SMILES string of the molecule is CN(Cc1ccccc1)CC(NC(=O)[C@@H](NC(=O)OCC1c2ccccc2-c2ccccc21)C(C)(C)C)C(=O)O. The average Bonchev–Trinajstić information content (AvgIpc) is 3.23. The van der Waals surface area contributed by atoms with Crippen LogP contribution in [0.1, 0.15) is 43.4 Å². The van der Waals surface area contributed by atoms with E-state index in [0.717, 1.165) is 27.8 Å². The first-order valence-electron chi connectivity index (χ1n) is 13.4. The number of hydrogen-bond donors (Lipinski definition) is 3. The smallest absolute Gasteiger partial charge is 0.407 e. The van der Waals surface area contributed by atoms with Crippen molar-refractivity contribution < 1.29 is 24.2 Å². The Hall–Kier alpha value is -4.17. The summed E-state index contributed by atoms with van der Waals surface area (Å²) >= 11 is 0. The molecule has 0 saturated carbocycles. The van der Waals surface area contributed by atoms with Gasteiger partial charge in [-0.2, -0.15) is 0 Å². The van der Waals surface area contributed by atoms with Gasteiger partial charge in [0.25, 0.3) is 0 Å². The predicted octanol–water partition coefficient (Wildman–Crippen LogP) is 4.64. The highest BCUT2D eigenvalue weighted by Gasteiger charge is 2.36. The number of nitrogens with one attached hydrogen (secondary N) is 2. The van der Waals surface area contributed by atoms with Gasteiger partial charge in [-0.05, 0) is 40.3 Å². The van der Waals surface area contributed by atoms with Crippen LogP contribution in [0.3, 0.4) is 0 Å². The molecule has 8 nitrogen and oxygen atoms in total. The summed E-state index contributed by atoms with van der Waals surface area (Å²) in [6.07, 6.45) is -0.731. The molecule has 0 bridgehead atoms. The summed E-state index contributed by atoms with van der Waals surface area (Å²) in [5, 5.41) is 15.1. The number of carboxylic acid groups (broad SMARTS) is 1. The molecule has 2 amide bonds. The van der Waals surface area contributed by atoms with Crippen molar-refractivity contribution in [1.29, 1.82) is 0 Å². The molecular formula is C32H37N3O5. The van der Waals surface area contributed by atoms with E-state index in [2.05, 4.69) is 22.8 Å². The first-order chi connectivity index (χ1) is 19.0. The van der Waals surface area contributed by atoms with Crippen molar-refractivity contribution in [3.63, 3.8) is 0 Å². The van der Waals surface area contributed by atoms with E-state index in [1.807, 2.05) is 71.6 Å². The minimum Gasteiger partial charge on any atom is -0.480 e. The lowest BCUT2D eigenvalue weighted by Gasteiger charge is -2.31. The molecule has 4 rings (SSSR count). The summed E-state index contributed by atoms with van der Waals surface area (Å²) in [5.41, 5.74) is 4.75. The van der Waals surface area contributed by atoms with Gasteiger partial charge in [-0.25, -0.2) is 9.59 Å². The number of fused-ring (bicyclic) bond motifs is 3. The van der Waals surface area contributed by atoms with Crippen LogP contribution < -0.4 is 10.6 Å². The molecule has 0 aliphatic heterocycles. The maximum atomic E-state index is 13.3. The predicted molar refractivity (Wildman–Crippen MR) is 154 cm³/mol. The summed E-state index contributed by atoms with van der Waals surface area (Å²) in [7, 11) is 1.80. The molecule has 3 aromatic carbocycles. The van der Waals surface area contributed by atoms with E-state index in [-0.39, 0.29) is 19.1 Å². The van der Waals surface area contributed by atoms with Crippen LogP contribution in [0.25, 0.3) is 11.1 Å². The molecule has 3 aromatic rings. The van der Waals surface area contributed by atoms with E-state index < -0.39 is 35.5 Å². The van der Waals surface area contributed by atoms with Gasteiger partial charge in [0, 0.05) is 19.0 Å². The second kappa shape index (κ2) is 12.3. The number of rotatable bonds is 10. The number of carboxylic acids is 1. The second-order valence-electron chi connectivity index (χ2n) is 11.4. The first kappa shape index (κ1) is 28.8. The zero-order valence-corrected chi connectivity index (χ0v) is 23.4. The zero-order chi connectivity index (χ0) is 28.9. The van der Waals surface area contributed by atoms with Crippen molar-refractivity contribution in [1.82, 2.24) is 15.5 Å². The standard InChI is InChI=1S/C32H37N3O5/c1-32(2,3)28(29(36)33-27(30(37)38)19-35(4)18-21-12-6-5-7-13-21)34-31(39)40-20-26-24-16-10-8-14-22(24)23-15-9-11-17-25(23)26/h5-17,26-28H,18-20H2,1-4H3,(H,33,36)(H,34,39)(H,37,38)/t27?,28-/m1/s1. The summed E-state index contributed by atoms with van der Waals surface area (Å²) in [6, 6.07) is 23.6. The Morgan fingerprint density at radius 2 is 1.43 bits per heavy atom. The van der Waals surface area contributed by atoms with E-state index >= 15 is 0 Å². The van der Waals surface area contributed by atoms with Gasteiger partial charge >= 0.3 is 12.1 Å². The van der Waals surface area contributed by atoms with Crippen molar-refractivity contribution in [2.24, 2.45) is 5.41 Å². The highest BCUT2D eigenvalue weighted by Crippen LogP contribution is 2.44. The van der Waals surface area contributed by atoms with Gasteiger partial charge in [-0.1, -0.05) is 99.6 Å². The van der Waals surface area contributed by atoms with Crippen LogP contribution in [0.5, 0.6) is 0 Å². The van der Waals surface area contributed by atoms with Gasteiger partial charge in [0.05, 0.1) is 0 Å². The van der Waals surface area contributed by atoms with Crippen LogP contribution in [0.4, 0.5) is 4.79 Å². The van der Waals surface area contributed by atoms with E-state index in [1.165, 1.54) is 0 Å². The molecule has 3 N–H and O–H groups in total. The quantitative estimate of drug-likeness (QED) is 0.344. The third kappa shape index (κ3) is 6.87. The molecule has 40 heavy (non-hydrogen) atoms. The second-order valence-corrected chi connectivity index (χ2v) is 11.4. The number of ether oxygens (including phenoxy) is 1. The number of benzene rings is 3. The minimum absolute atomic E-state index is 0.0950. The van der Waals surface area contributed by atoms with Gasteiger partial charge < -0.3 is 20.5 Å². The third-order valence-electron chi connectivity index (χ3n) is 7.14. The molecule has 8 heteroatoms. The summed E-state index contributed by atoms with van der Waals surface area (Å²) < 4.78 is 5.64. The fourth-order valence-electron chi connectivity index (χ4n) is 5.15. The van der Waals surface area contributed by atoms with Crippen molar-refractivity contribution in [3.05, 3.63) is 95.6 Å². The van der Waals surface area contributed by atoms with Crippen molar-refractivity contribution in [3.8, 4) is 11.1 Å². The number of hydrogen-bond acceptors (Lipinski definition) is 5. The van der Waals surface area contributed by atoms with E-state index in [0.29, 0.717) is 6.54 Å². The molecule has 1 aliphatic rings. The molecule has 1 aliphatic carbocycles. The highest BCUT2D eigenvalue weighted by molar-refractivity contribution is 5.90. The zero-order valence-electron chi connectivity index (χ0n) is 23.4. The Morgan fingerprint density at radius 1 is 0.875 bits per heavy atom. The molecule has 0 heterocycles. The number of aliphatic carboxylic acids is 1. The number of carbonyl (C=O) groups excluding carboxylic acids is 2. The molecule has 0 aromatic heterocycles. The molecule has 0 spiro atoms. The Labute approximate surface area is 235 Å². The summed E-state index contributed by atoms with van der Waals surface area (Å²) in [6.45, 7) is 6.15. The largest absolute Gasteiger partial charge is 0.480 e. The van der Waals surface area contributed by atoms with E-state index in [1.54, 1.807) is 27.8 Å². The van der Waals surface area contributed by atoms with Crippen LogP contribution in [0.15, 0.2) is 78.9 Å². The lowest BCUT2D eigenvalue weighted by atomic mass is 9.86. The maximum Gasteiger partial charge on any atom is 0.407 e. The molecule has 1 unspecified atom stereocenters. The van der Waals surface area contributed by atoms with Gasteiger partial charge in [-0.3, -0.25) is 9.69 Å². The fourth-order valence-corrected chi connectivity index (χ4v) is 5.15. The van der Waals surface area contributed by atoms with Gasteiger partial charge in [0.2, 0.25) is 5.91 Å². The molecule has 0 radical (unpaired) electrons. The summed E-state index contributed by atoms with van der Waals surface area (Å²) in [4.78, 5) is 40.1. The minimum atomic E-state index is -1.16. The van der Waals surface area contributed by atoms with Crippen LogP contribution in [0, 0.1) is 5.41 Å². The topological polar surface area (TPSA) is 108 Å². The van der Waals surface area contributed by atoms with Crippen LogP contribution in [-0.2, 0) is 20.9 Å². The fraction of sp³-hybridized carbons (Fsp3) is 0.344. The molecule has 0 saturated heterocycles. The number of amides is 2. The normalized spacial score (nSPS) is 14.1. The van der Waals surface area contributed by atoms with Crippen molar-refractivity contribution in [2.75, 3.05) is 20.2 Å². The van der Waals surface area contributed by atoms with Gasteiger partial charge in [0.1, 0.15) is 18.7 Å². The number of nitrogens with zero attached hydrogens (tertiary/aromatic N) is 1. The van der Waals surface area contributed by atoms with Gasteiger partial charge in [0.15, 0.2) is 0 Å². The third-order valence-corrected chi connectivity index (χ3v) is 7.14. The van der Waals surface area contributed by atoms with Crippen molar-refractivity contribution >= 4 is 18.0 Å². The van der Waals surface area contributed by atoms with Crippen LogP contribution in [-0.4, -0.2) is 60.3 Å². The lowest BCUT2D eigenvalue weighted by Crippen LogP contribution is -2.58. The highest BCUT2D eigenvalue weighted by atomic mass is 16.5. The van der Waals surface area contributed by atoms with Gasteiger partial charge in [-0.15, -0.1) is 0 Å². The molecule has 0 fully saturated rings. The lowest BCUT2D eigenvalue weighted by molar-refractivity contribution is -0.143.